The summed E-state index contributed by atoms with van der Waals surface area (Å²) in [5, 5.41) is 12.1. The van der Waals surface area contributed by atoms with Gasteiger partial charge in [0.05, 0.1) is 18.2 Å². The Morgan fingerprint density at radius 1 is 1.44 bits per heavy atom. The lowest BCUT2D eigenvalue weighted by Crippen LogP contribution is -2.55. The van der Waals surface area contributed by atoms with E-state index in [1.165, 1.54) is 0 Å². The van der Waals surface area contributed by atoms with Crippen molar-refractivity contribution in [1.29, 1.82) is 0 Å². The van der Waals surface area contributed by atoms with Gasteiger partial charge in [-0.1, -0.05) is 26.7 Å². The van der Waals surface area contributed by atoms with Crippen molar-refractivity contribution in [3.05, 3.63) is 0 Å². The van der Waals surface area contributed by atoms with Crippen LogP contribution in [-0.2, 0) is 4.79 Å². The molecule has 16 heavy (non-hydrogen) atoms. The van der Waals surface area contributed by atoms with E-state index < -0.39 is 5.54 Å². The van der Waals surface area contributed by atoms with Gasteiger partial charge in [-0.15, -0.1) is 0 Å². The van der Waals surface area contributed by atoms with Crippen molar-refractivity contribution in [2.45, 2.75) is 57.5 Å². The third-order valence-electron chi connectivity index (χ3n) is 3.26. The van der Waals surface area contributed by atoms with Crippen molar-refractivity contribution in [2.24, 2.45) is 11.7 Å². The van der Waals surface area contributed by atoms with Crippen LogP contribution in [0.15, 0.2) is 0 Å². The van der Waals surface area contributed by atoms with Gasteiger partial charge in [0.15, 0.2) is 0 Å². The molecular formula is C12H24N2O2. The summed E-state index contributed by atoms with van der Waals surface area (Å²) in [6.07, 6.45) is 4.37. The Hall–Kier alpha value is -0.610. The van der Waals surface area contributed by atoms with Crippen molar-refractivity contribution < 1.29 is 9.90 Å². The number of amides is 1. The molecular weight excluding hydrogens is 204 g/mol. The van der Waals surface area contributed by atoms with E-state index in [1.54, 1.807) is 0 Å². The summed E-state index contributed by atoms with van der Waals surface area (Å²) < 4.78 is 0. The minimum Gasteiger partial charge on any atom is -0.394 e. The van der Waals surface area contributed by atoms with Crippen molar-refractivity contribution in [3.8, 4) is 0 Å². The molecule has 4 N–H and O–H groups in total. The lowest BCUT2D eigenvalue weighted by atomic mass is 9.96. The predicted molar refractivity (Wildman–Crippen MR) is 63.9 cm³/mol. The molecule has 0 bridgehead atoms. The monoisotopic (exact) mass is 228 g/mol. The van der Waals surface area contributed by atoms with E-state index in [-0.39, 0.29) is 18.6 Å². The van der Waals surface area contributed by atoms with E-state index in [0.29, 0.717) is 5.92 Å². The third-order valence-corrected chi connectivity index (χ3v) is 3.26. The topological polar surface area (TPSA) is 75.3 Å². The van der Waals surface area contributed by atoms with Crippen molar-refractivity contribution in [3.63, 3.8) is 0 Å². The average Bonchev–Trinajstić information content (AvgIpc) is 2.64. The standard InChI is InChI=1S/C12H24N2O2/c1-9(2)7-10(8-15)14-11(16)12(13)5-3-4-6-12/h9-10,15H,3-8,13H2,1-2H3,(H,14,16). The molecule has 0 aliphatic heterocycles. The molecule has 0 heterocycles. The van der Waals surface area contributed by atoms with E-state index in [1.807, 2.05) is 0 Å². The minimum absolute atomic E-state index is 0.0139. The minimum atomic E-state index is -0.690. The lowest BCUT2D eigenvalue weighted by Gasteiger charge is -2.26. The fourth-order valence-corrected chi connectivity index (χ4v) is 2.31. The average molecular weight is 228 g/mol. The molecule has 0 saturated heterocycles. The van der Waals surface area contributed by atoms with Gasteiger partial charge in [-0.05, 0) is 25.2 Å². The molecule has 1 rings (SSSR count). The molecule has 1 aliphatic rings. The lowest BCUT2D eigenvalue weighted by molar-refractivity contribution is -0.127. The number of carbonyl (C=O) groups is 1. The van der Waals surface area contributed by atoms with E-state index >= 15 is 0 Å². The molecule has 1 saturated carbocycles. The normalized spacial score (nSPS) is 21.1. The van der Waals surface area contributed by atoms with Gasteiger partial charge in [0, 0.05) is 0 Å². The quantitative estimate of drug-likeness (QED) is 0.651. The Bertz CT molecular complexity index is 235. The first-order chi connectivity index (χ1) is 7.48. The first-order valence-electron chi connectivity index (χ1n) is 6.18. The Balaban J connectivity index is 2.48. The van der Waals surface area contributed by atoms with Crippen LogP contribution in [-0.4, -0.2) is 29.2 Å². The molecule has 94 valence electrons. The van der Waals surface area contributed by atoms with Crippen LogP contribution < -0.4 is 11.1 Å². The van der Waals surface area contributed by atoms with Crippen LogP contribution in [0.1, 0.15) is 46.0 Å². The van der Waals surface area contributed by atoms with Gasteiger partial charge in [0.2, 0.25) is 5.91 Å². The van der Waals surface area contributed by atoms with Crippen molar-refractivity contribution >= 4 is 5.91 Å². The van der Waals surface area contributed by atoms with Crippen molar-refractivity contribution in [1.82, 2.24) is 5.32 Å². The second-order valence-corrected chi connectivity index (χ2v) is 5.35. The van der Waals surface area contributed by atoms with Crippen LogP contribution >= 0.6 is 0 Å². The van der Waals surface area contributed by atoms with E-state index in [0.717, 1.165) is 32.1 Å². The number of rotatable bonds is 5. The van der Waals surface area contributed by atoms with Gasteiger partial charge in [0.25, 0.3) is 0 Å². The highest BCUT2D eigenvalue weighted by atomic mass is 16.3. The molecule has 0 spiro atoms. The zero-order chi connectivity index (χ0) is 12.2. The van der Waals surface area contributed by atoms with Crippen LogP contribution in [0.4, 0.5) is 0 Å². The Morgan fingerprint density at radius 3 is 2.44 bits per heavy atom. The van der Waals surface area contributed by atoms with Gasteiger partial charge in [-0.2, -0.15) is 0 Å². The summed E-state index contributed by atoms with van der Waals surface area (Å²) in [4.78, 5) is 12.0. The van der Waals surface area contributed by atoms with Crippen molar-refractivity contribution in [2.75, 3.05) is 6.61 Å². The largest absolute Gasteiger partial charge is 0.394 e. The molecule has 0 aromatic carbocycles. The second kappa shape index (κ2) is 5.64. The molecule has 1 aliphatic carbocycles. The molecule has 0 aromatic heterocycles. The first-order valence-corrected chi connectivity index (χ1v) is 6.18. The molecule has 0 aromatic rings. The molecule has 0 radical (unpaired) electrons. The summed E-state index contributed by atoms with van der Waals surface area (Å²) in [5.41, 5.74) is 5.35. The number of aliphatic hydroxyl groups excluding tert-OH is 1. The molecule has 1 atom stereocenters. The van der Waals surface area contributed by atoms with Gasteiger partial charge in [-0.3, -0.25) is 4.79 Å². The zero-order valence-corrected chi connectivity index (χ0v) is 10.3. The number of hydrogen-bond donors (Lipinski definition) is 3. The molecule has 1 unspecified atom stereocenters. The summed E-state index contributed by atoms with van der Waals surface area (Å²) in [7, 11) is 0. The highest BCUT2D eigenvalue weighted by molar-refractivity contribution is 5.86. The molecule has 1 amide bonds. The highest BCUT2D eigenvalue weighted by Crippen LogP contribution is 2.27. The number of carbonyl (C=O) groups excluding carboxylic acids is 1. The molecule has 4 nitrogen and oxygen atoms in total. The van der Waals surface area contributed by atoms with Gasteiger partial charge < -0.3 is 16.2 Å². The number of nitrogens with one attached hydrogen (secondary N) is 1. The Kier molecular flexibility index (Phi) is 4.74. The SMILES string of the molecule is CC(C)CC(CO)NC(=O)C1(N)CCCC1. The van der Waals surface area contributed by atoms with Crippen LogP contribution in [0.2, 0.25) is 0 Å². The van der Waals surface area contributed by atoms with Gasteiger partial charge >= 0.3 is 0 Å². The maximum atomic E-state index is 12.0. The van der Waals surface area contributed by atoms with Crippen LogP contribution in [0.25, 0.3) is 0 Å². The zero-order valence-electron chi connectivity index (χ0n) is 10.3. The first kappa shape index (κ1) is 13.5. The Morgan fingerprint density at radius 2 is 2.00 bits per heavy atom. The van der Waals surface area contributed by atoms with E-state index in [4.69, 9.17) is 5.73 Å². The van der Waals surface area contributed by atoms with E-state index in [2.05, 4.69) is 19.2 Å². The van der Waals surface area contributed by atoms with Crippen LogP contribution in [0.5, 0.6) is 0 Å². The summed E-state index contributed by atoms with van der Waals surface area (Å²) in [6.45, 7) is 4.13. The number of aliphatic hydroxyl groups is 1. The number of nitrogens with two attached hydrogens (primary N) is 1. The third kappa shape index (κ3) is 3.46. The summed E-state index contributed by atoms with van der Waals surface area (Å²) in [6, 6.07) is -0.159. The molecule has 4 heteroatoms. The van der Waals surface area contributed by atoms with E-state index in [9.17, 15) is 9.90 Å². The summed E-state index contributed by atoms with van der Waals surface area (Å²) in [5.74, 6) is 0.361. The molecule has 1 fully saturated rings. The fourth-order valence-electron chi connectivity index (χ4n) is 2.31. The summed E-state index contributed by atoms with van der Waals surface area (Å²) >= 11 is 0. The fraction of sp³-hybridized carbons (Fsp3) is 0.917. The Labute approximate surface area is 97.6 Å². The van der Waals surface area contributed by atoms with Gasteiger partial charge in [-0.25, -0.2) is 0 Å². The second-order valence-electron chi connectivity index (χ2n) is 5.35. The predicted octanol–water partition coefficient (Wildman–Crippen LogP) is 0.781. The maximum Gasteiger partial charge on any atom is 0.240 e. The smallest absolute Gasteiger partial charge is 0.240 e. The number of hydrogen-bond acceptors (Lipinski definition) is 3. The highest BCUT2D eigenvalue weighted by Gasteiger charge is 2.37. The van der Waals surface area contributed by atoms with Gasteiger partial charge in [0.1, 0.15) is 0 Å². The maximum absolute atomic E-state index is 12.0. The van der Waals surface area contributed by atoms with Crippen LogP contribution in [0.3, 0.4) is 0 Å². The van der Waals surface area contributed by atoms with Crippen LogP contribution in [0, 0.1) is 5.92 Å².